The molecule has 5 aromatic carbocycles. The Morgan fingerprint density at radius 2 is 1.25 bits per heavy atom. The number of esters is 1. The van der Waals surface area contributed by atoms with Crippen LogP contribution in [0, 0.1) is 4.91 Å². The van der Waals surface area contributed by atoms with Crippen molar-refractivity contribution in [2.75, 3.05) is 71.5 Å². The first kappa shape index (κ1) is 42.4. The summed E-state index contributed by atoms with van der Waals surface area (Å²) in [6.07, 6.45) is 7.21. The molecule has 314 valence electrons. The summed E-state index contributed by atoms with van der Waals surface area (Å²) < 4.78 is 39.9. The van der Waals surface area contributed by atoms with E-state index in [4.69, 9.17) is 38.4 Å². The van der Waals surface area contributed by atoms with E-state index in [0.29, 0.717) is 39.9 Å². The van der Waals surface area contributed by atoms with Crippen LogP contribution in [0.15, 0.2) is 84.9 Å². The van der Waals surface area contributed by atoms with Crippen LogP contribution in [0.5, 0.6) is 40.2 Å². The number of carbonyl (C=O) groups is 1. The van der Waals surface area contributed by atoms with Gasteiger partial charge in [0.15, 0.2) is 28.6 Å². The fourth-order valence-electron chi connectivity index (χ4n) is 6.78. The largest absolute Gasteiger partial charge is 0.496 e. The zero-order valence-electron chi connectivity index (χ0n) is 34.4. The van der Waals surface area contributed by atoms with Crippen molar-refractivity contribution in [3.05, 3.63) is 107 Å². The van der Waals surface area contributed by atoms with Crippen LogP contribution in [0.3, 0.4) is 0 Å². The van der Waals surface area contributed by atoms with E-state index in [0.717, 1.165) is 41.5 Å². The number of nitrogen functional groups attached to an aromatic ring is 2. The lowest BCUT2D eigenvalue weighted by Gasteiger charge is -2.29. The number of carbonyl (C=O) groups excluding carboxylic acids is 1. The number of anilines is 3. The highest BCUT2D eigenvalue weighted by atomic mass is 16.6. The molecule has 0 aromatic heterocycles. The number of hydrogen-bond donors (Lipinski definition) is 5. The first-order chi connectivity index (χ1) is 29.2. The molecule has 0 spiro atoms. The third-order valence-corrected chi connectivity index (χ3v) is 9.94. The molecule has 0 unspecified atom stereocenters. The molecular weight excluding hydrogens is 773 g/mol. The third-order valence-electron chi connectivity index (χ3n) is 9.94. The molecule has 0 amide bonds. The molecule has 7 N–H and O–H groups in total. The summed E-state index contributed by atoms with van der Waals surface area (Å²) >= 11 is 0. The van der Waals surface area contributed by atoms with Gasteiger partial charge in [0, 0.05) is 73.4 Å². The van der Waals surface area contributed by atoms with Crippen LogP contribution < -0.4 is 59.8 Å². The van der Waals surface area contributed by atoms with Crippen LogP contribution in [0.1, 0.15) is 40.7 Å². The second kappa shape index (κ2) is 20.0. The fourth-order valence-corrected chi connectivity index (χ4v) is 6.78. The van der Waals surface area contributed by atoms with Gasteiger partial charge in [-0.05, 0) is 61.2 Å². The van der Waals surface area contributed by atoms with Crippen molar-refractivity contribution in [3.8, 4) is 40.2 Å². The zero-order chi connectivity index (χ0) is 42.6. The van der Waals surface area contributed by atoms with Crippen molar-refractivity contribution in [1.82, 2.24) is 0 Å². The normalized spacial score (nSPS) is 12.4. The molecule has 5 aromatic rings. The summed E-state index contributed by atoms with van der Waals surface area (Å²) in [5.41, 5.74) is 16.0. The highest BCUT2D eigenvalue weighted by molar-refractivity contribution is 5.94. The van der Waals surface area contributed by atoms with E-state index in [1.807, 2.05) is 23.6 Å². The lowest BCUT2D eigenvalue weighted by molar-refractivity contribution is -0.729. The lowest BCUT2D eigenvalue weighted by atomic mass is 10.1. The maximum absolute atomic E-state index is 13.5. The van der Waals surface area contributed by atoms with Gasteiger partial charge in [-0.1, -0.05) is 6.08 Å². The van der Waals surface area contributed by atoms with E-state index in [9.17, 15) is 9.70 Å². The molecular formula is C44H51N6O10+3. The molecule has 0 atom stereocenters. The molecule has 0 radical (unpaired) electrons. The van der Waals surface area contributed by atoms with E-state index in [1.165, 1.54) is 52.7 Å². The summed E-state index contributed by atoms with van der Waals surface area (Å²) in [7, 11) is 9.30. The molecule has 16 heteroatoms. The Labute approximate surface area is 348 Å². The van der Waals surface area contributed by atoms with Crippen LogP contribution >= 0.6 is 0 Å². The fraction of sp³-hybridized carbons (Fsp3) is 0.250. The van der Waals surface area contributed by atoms with Crippen LogP contribution in [0.25, 0.3) is 12.2 Å². The molecule has 0 bridgehead atoms. The SMILES string of the molecule is COc1cc(N2CCCCC2)ccc1N[NH2+]c1cc(OC)c(N[NH2+]c2ccc(C(=O)Oc3cc(OC)c(/C=C/c4ccc([N+](=O)O)cc4)c(OC)c3)c(OC)c2)c(OC)c1. The summed E-state index contributed by atoms with van der Waals surface area (Å²) in [4.78, 5) is 26.8. The molecule has 0 aliphatic carbocycles. The van der Waals surface area contributed by atoms with E-state index < -0.39 is 5.97 Å². The maximum atomic E-state index is 13.5. The molecule has 60 heavy (non-hydrogen) atoms. The molecule has 6 rings (SSSR count). The number of hydrogen-bond acceptors (Lipinski definition) is 12. The smallest absolute Gasteiger partial charge is 0.347 e. The number of nitrogens with one attached hydrogen (secondary N) is 2. The van der Waals surface area contributed by atoms with Crippen molar-refractivity contribution < 1.29 is 58.9 Å². The Morgan fingerprint density at radius 3 is 1.85 bits per heavy atom. The summed E-state index contributed by atoms with van der Waals surface area (Å²) in [6, 6.07) is 24.5. The molecule has 1 saturated heterocycles. The lowest BCUT2D eigenvalue weighted by Crippen LogP contribution is -2.83. The predicted octanol–water partition coefficient (Wildman–Crippen LogP) is 6.36. The zero-order valence-corrected chi connectivity index (χ0v) is 34.4. The van der Waals surface area contributed by atoms with Crippen LogP contribution in [0.4, 0.5) is 34.1 Å². The Bertz CT molecular complexity index is 2280. The standard InChI is InChI=1S/C44H48N6O10/c1-54-37-22-29(13-18-35(37)44(51)60-33-26-38(55-2)34(39(27-33)56-3)17-12-28-10-14-31(15-11-28)50(52)53)45-48-43-41(58-5)23-30(24-42(43)59-6)46-47-36-19-16-32(25-40(36)57-4)49-20-8-7-9-21-49/h10-19,22-27,46-48H,7-9,20-21H2,1-6H3,(H-,45,51,52,53)/p+3/b17-12+. The maximum Gasteiger partial charge on any atom is 0.347 e. The molecule has 1 heterocycles. The van der Waals surface area contributed by atoms with Gasteiger partial charge in [-0.3, -0.25) is 0 Å². The highest BCUT2D eigenvalue weighted by Crippen LogP contribution is 2.38. The Balaban J connectivity index is 1.12. The number of methoxy groups -OCH3 is 6. The number of benzene rings is 5. The third kappa shape index (κ3) is 10.1. The number of rotatable bonds is 18. The van der Waals surface area contributed by atoms with Gasteiger partial charge in [0.05, 0.1) is 53.1 Å². The number of nitrogens with zero attached hydrogens (tertiary/aromatic N) is 2. The first-order valence-corrected chi connectivity index (χ1v) is 19.2. The van der Waals surface area contributed by atoms with Crippen molar-refractivity contribution in [1.29, 1.82) is 0 Å². The van der Waals surface area contributed by atoms with Crippen molar-refractivity contribution in [3.63, 3.8) is 0 Å². The minimum atomic E-state index is -0.658. The van der Waals surface area contributed by atoms with Gasteiger partial charge >= 0.3 is 11.7 Å². The number of piperidine rings is 1. The molecule has 1 aliphatic rings. The van der Waals surface area contributed by atoms with E-state index in [2.05, 4.69) is 27.9 Å². The van der Waals surface area contributed by atoms with E-state index >= 15 is 0 Å². The van der Waals surface area contributed by atoms with E-state index in [1.54, 1.807) is 81.4 Å². The van der Waals surface area contributed by atoms with Crippen molar-refractivity contribution in [2.24, 2.45) is 0 Å². The average molecular weight is 824 g/mol. The number of ether oxygens (including phenoxy) is 7. The van der Waals surface area contributed by atoms with Crippen LogP contribution in [0.2, 0.25) is 0 Å². The predicted molar refractivity (Wildman–Crippen MR) is 227 cm³/mol. The molecule has 1 aliphatic heterocycles. The Kier molecular flexibility index (Phi) is 14.1. The molecule has 16 nitrogen and oxygen atoms in total. The minimum absolute atomic E-state index is 0.104. The second-order valence-electron chi connectivity index (χ2n) is 13.6. The summed E-state index contributed by atoms with van der Waals surface area (Å²) in [5.74, 6) is 2.43. The van der Waals surface area contributed by atoms with Gasteiger partial charge in [-0.25, -0.2) is 31.7 Å². The van der Waals surface area contributed by atoms with Gasteiger partial charge < -0.3 is 38.1 Å². The van der Waals surface area contributed by atoms with Crippen LogP contribution in [-0.4, -0.2) is 71.8 Å². The Morgan fingerprint density at radius 1 is 0.650 bits per heavy atom. The summed E-state index contributed by atoms with van der Waals surface area (Å²) in [6.45, 7) is 2.10. The molecule has 1 fully saturated rings. The monoisotopic (exact) mass is 823 g/mol. The number of nitrogens with two attached hydrogens (primary N) is 2. The Hall–Kier alpha value is -7.17. The summed E-state index contributed by atoms with van der Waals surface area (Å²) in [5, 5.41) is 9.10. The highest BCUT2D eigenvalue weighted by Gasteiger charge is 2.22. The van der Waals surface area contributed by atoms with Gasteiger partial charge in [-0.2, -0.15) is 0 Å². The average Bonchev–Trinajstić information content (AvgIpc) is 3.29. The second-order valence-corrected chi connectivity index (χ2v) is 13.6. The number of quaternary nitrogens is 2. The molecule has 0 saturated carbocycles. The quantitative estimate of drug-likeness (QED) is 0.0165. The van der Waals surface area contributed by atoms with Gasteiger partial charge in [0.25, 0.3) is 4.92 Å². The minimum Gasteiger partial charge on any atom is -0.496 e. The van der Waals surface area contributed by atoms with Crippen LogP contribution in [-0.2, 0) is 0 Å². The topological polar surface area (TPSA) is 183 Å². The first-order valence-electron chi connectivity index (χ1n) is 19.2. The van der Waals surface area contributed by atoms with Crippen molar-refractivity contribution >= 4 is 52.2 Å². The van der Waals surface area contributed by atoms with Gasteiger partial charge in [-0.15, -0.1) is 0 Å². The van der Waals surface area contributed by atoms with Gasteiger partial charge in [0.1, 0.15) is 40.0 Å². The van der Waals surface area contributed by atoms with E-state index in [-0.39, 0.29) is 27.7 Å². The van der Waals surface area contributed by atoms with Crippen molar-refractivity contribution in [2.45, 2.75) is 19.3 Å². The van der Waals surface area contributed by atoms with Gasteiger partial charge in [0.2, 0.25) is 0 Å².